The zero-order valence-electron chi connectivity index (χ0n) is 20.2. The molecule has 36 heavy (non-hydrogen) atoms. The van der Waals surface area contributed by atoms with Gasteiger partial charge in [-0.3, -0.25) is 9.69 Å². The van der Waals surface area contributed by atoms with Gasteiger partial charge in [0.2, 0.25) is 11.6 Å². The molecule has 1 aliphatic heterocycles. The third-order valence-corrected chi connectivity index (χ3v) is 6.62. The van der Waals surface area contributed by atoms with Gasteiger partial charge in [-0.2, -0.15) is 0 Å². The third kappa shape index (κ3) is 5.04. The largest absolute Gasteiger partial charge is 0.497 e. The number of benzene rings is 2. The molecule has 0 spiro atoms. The molecule has 0 unspecified atom stereocenters. The predicted molar refractivity (Wildman–Crippen MR) is 136 cm³/mol. The van der Waals surface area contributed by atoms with Crippen molar-refractivity contribution in [2.24, 2.45) is 0 Å². The summed E-state index contributed by atoms with van der Waals surface area (Å²) >= 11 is 0. The van der Waals surface area contributed by atoms with Gasteiger partial charge >= 0.3 is 5.97 Å². The van der Waals surface area contributed by atoms with E-state index in [2.05, 4.69) is 14.9 Å². The normalized spacial score (nSPS) is 15.9. The molecule has 8 heteroatoms. The van der Waals surface area contributed by atoms with Crippen LogP contribution in [-0.4, -0.2) is 58.8 Å². The van der Waals surface area contributed by atoms with Crippen LogP contribution in [0.4, 0.5) is 0 Å². The molecule has 1 N–H and O–H groups in total. The zero-order valence-corrected chi connectivity index (χ0v) is 20.2. The maximum atomic E-state index is 10.9. The van der Waals surface area contributed by atoms with E-state index in [0.29, 0.717) is 30.4 Å². The van der Waals surface area contributed by atoms with E-state index in [1.54, 1.807) is 7.11 Å². The fourth-order valence-corrected chi connectivity index (χ4v) is 4.83. The summed E-state index contributed by atoms with van der Waals surface area (Å²) in [5.41, 5.74) is 3.23. The van der Waals surface area contributed by atoms with Crippen molar-refractivity contribution in [2.45, 2.75) is 31.7 Å². The molecule has 5 rings (SSSR count). The molecule has 1 atom stereocenters. The van der Waals surface area contributed by atoms with Crippen LogP contribution in [-0.2, 0) is 4.79 Å². The average Bonchev–Trinajstić information content (AvgIpc) is 3.52. The number of hydrogen-bond donors (Lipinski definition) is 1. The number of carbonyl (C=O) groups is 1. The van der Waals surface area contributed by atoms with Gasteiger partial charge in [-0.05, 0) is 50.0 Å². The lowest BCUT2D eigenvalue weighted by atomic mass is 9.99. The highest BCUT2D eigenvalue weighted by molar-refractivity contribution is 6.03. The van der Waals surface area contributed by atoms with Crippen molar-refractivity contribution in [3.05, 3.63) is 60.9 Å². The number of methoxy groups -OCH3 is 1. The summed E-state index contributed by atoms with van der Waals surface area (Å²) in [6, 6.07) is 18.0. The van der Waals surface area contributed by atoms with E-state index in [9.17, 15) is 4.79 Å². The maximum Gasteiger partial charge on any atom is 0.303 e. The van der Waals surface area contributed by atoms with Crippen LogP contribution in [0.1, 0.15) is 25.7 Å². The summed E-state index contributed by atoms with van der Waals surface area (Å²) in [6.07, 6.45) is 4.36. The van der Waals surface area contributed by atoms with Gasteiger partial charge in [-0.25, -0.2) is 9.97 Å². The highest BCUT2D eigenvalue weighted by atomic mass is 16.5. The summed E-state index contributed by atoms with van der Waals surface area (Å²) in [4.78, 5) is 22.1. The van der Waals surface area contributed by atoms with Crippen molar-refractivity contribution in [1.82, 2.24) is 14.9 Å². The molecule has 0 amide bonds. The molecule has 3 heterocycles. The van der Waals surface area contributed by atoms with E-state index in [-0.39, 0.29) is 12.5 Å². The number of furan rings is 1. The number of aromatic nitrogens is 2. The molecule has 1 aliphatic rings. The molecular formula is C28H29N3O5. The summed E-state index contributed by atoms with van der Waals surface area (Å²) in [6.45, 7) is 2.17. The second kappa shape index (κ2) is 10.8. The first-order valence-electron chi connectivity index (χ1n) is 12.2. The monoisotopic (exact) mass is 487 g/mol. The molecule has 0 saturated carbocycles. The second-order valence-corrected chi connectivity index (χ2v) is 8.90. The van der Waals surface area contributed by atoms with Crippen molar-refractivity contribution in [1.29, 1.82) is 0 Å². The van der Waals surface area contributed by atoms with Crippen LogP contribution < -0.4 is 9.47 Å². The van der Waals surface area contributed by atoms with E-state index in [0.717, 1.165) is 53.8 Å². The van der Waals surface area contributed by atoms with Crippen molar-refractivity contribution in [2.75, 3.05) is 26.8 Å². The predicted octanol–water partition coefficient (Wildman–Crippen LogP) is 5.27. The molecule has 0 bridgehead atoms. The molecule has 0 aliphatic carbocycles. The maximum absolute atomic E-state index is 10.9. The van der Waals surface area contributed by atoms with Crippen molar-refractivity contribution >= 4 is 17.1 Å². The number of hydrogen-bond acceptors (Lipinski definition) is 7. The molecule has 1 fully saturated rings. The first kappa shape index (κ1) is 23.8. The lowest BCUT2D eigenvalue weighted by Crippen LogP contribution is -2.35. The molecule has 1 saturated heterocycles. The van der Waals surface area contributed by atoms with Gasteiger partial charge in [0.05, 0.1) is 7.11 Å². The minimum Gasteiger partial charge on any atom is -0.497 e. The number of rotatable bonds is 10. The van der Waals surface area contributed by atoms with Gasteiger partial charge in [0.25, 0.3) is 0 Å². The van der Waals surface area contributed by atoms with Crippen molar-refractivity contribution < 1.29 is 23.8 Å². The standard InChI is InChI=1S/C28H29N3O5/c1-34-22-13-11-19(12-14-22)24-25-27(35-17-21-9-5-15-31(21)16-6-10-23(32)33)29-18-30-28(25)36-26(24)20-7-3-2-4-8-20/h2-4,7-8,11-14,18,21H,5-6,9-10,15-17H2,1H3,(H,32,33)/t21-/m1/s1. The molecule has 2 aromatic heterocycles. The summed E-state index contributed by atoms with van der Waals surface area (Å²) in [5, 5.41) is 9.70. The Hall–Kier alpha value is -3.91. The van der Waals surface area contributed by atoms with Crippen LogP contribution in [0.5, 0.6) is 11.6 Å². The Kier molecular flexibility index (Phi) is 7.13. The summed E-state index contributed by atoms with van der Waals surface area (Å²) < 4.78 is 17.9. The smallest absolute Gasteiger partial charge is 0.303 e. The second-order valence-electron chi connectivity index (χ2n) is 8.90. The lowest BCUT2D eigenvalue weighted by Gasteiger charge is -2.24. The van der Waals surface area contributed by atoms with E-state index < -0.39 is 5.97 Å². The van der Waals surface area contributed by atoms with E-state index in [1.165, 1.54) is 6.33 Å². The SMILES string of the molecule is COc1ccc(-c2c(-c3ccccc3)oc3ncnc(OC[C@H]4CCCN4CCCC(=O)O)c23)cc1. The molecule has 2 aromatic carbocycles. The number of fused-ring (bicyclic) bond motifs is 1. The Morgan fingerprint density at radius 2 is 1.92 bits per heavy atom. The minimum absolute atomic E-state index is 0.180. The van der Waals surface area contributed by atoms with Gasteiger partial charge in [0, 0.05) is 23.6 Å². The van der Waals surface area contributed by atoms with Gasteiger partial charge < -0.3 is 19.0 Å². The average molecular weight is 488 g/mol. The van der Waals surface area contributed by atoms with Gasteiger partial charge in [0.15, 0.2) is 0 Å². The Labute approximate surface area is 209 Å². The number of likely N-dealkylation sites (tertiary alicyclic amines) is 1. The van der Waals surface area contributed by atoms with Gasteiger partial charge in [-0.1, -0.05) is 42.5 Å². The fourth-order valence-electron chi connectivity index (χ4n) is 4.83. The molecule has 8 nitrogen and oxygen atoms in total. The van der Waals surface area contributed by atoms with Crippen LogP contribution in [0.2, 0.25) is 0 Å². The highest BCUT2D eigenvalue weighted by Gasteiger charge is 2.27. The van der Waals surface area contributed by atoms with Crippen molar-refractivity contribution in [3.8, 4) is 34.1 Å². The molecule has 0 radical (unpaired) electrons. The highest BCUT2D eigenvalue weighted by Crippen LogP contribution is 2.43. The Morgan fingerprint density at radius 1 is 1.11 bits per heavy atom. The van der Waals surface area contributed by atoms with Crippen LogP contribution in [0.25, 0.3) is 33.6 Å². The number of carboxylic acids is 1. The molecule has 4 aromatic rings. The van der Waals surface area contributed by atoms with Crippen molar-refractivity contribution in [3.63, 3.8) is 0 Å². The molecule has 186 valence electrons. The zero-order chi connectivity index (χ0) is 24.9. The van der Waals surface area contributed by atoms with E-state index in [4.69, 9.17) is 19.0 Å². The van der Waals surface area contributed by atoms with Gasteiger partial charge in [0.1, 0.15) is 29.8 Å². The van der Waals surface area contributed by atoms with Crippen LogP contribution in [0.15, 0.2) is 65.3 Å². The number of aliphatic carboxylic acids is 1. The lowest BCUT2D eigenvalue weighted by molar-refractivity contribution is -0.137. The topological polar surface area (TPSA) is 97.9 Å². The van der Waals surface area contributed by atoms with Crippen LogP contribution in [0.3, 0.4) is 0 Å². The number of carboxylic acid groups (broad SMARTS) is 1. The first-order valence-corrected chi connectivity index (χ1v) is 12.2. The number of ether oxygens (including phenoxy) is 2. The Balaban J connectivity index is 1.48. The van der Waals surface area contributed by atoms with Crippen LogP contribution >= 0.6 is 0 Å². The van der Waals surface area contributed by atoms with Gasteiger partial charge in [-0.15, -0.1) is 0 Å². The first-order chi connectivity index (χ1) is 17.6. The number of nitrogens with zero attached hydrogens (tertiary/aromatic N) is 3. The van der Waals surface area contributed by atoms with Crippen LogP contribution in [0, 0.1) is 0 Å². The fraction of sp³-hybridized carbons (Fsp3) is 0.321. The molecular weight excluding hydrogens is 458 g/mol. The van der Waals surface area contributed by atoms with E-state index >= 15 is 0 Å². The Bertz CT molecular complexity index is 1320. The summed E-state index contributed by atoms with van der Waals surface area (Å²) in [7, 11) is 1.64. The minimum atomic E-state index is -0.759. The third-order valence-electron chi connectivity index (χ3n) is 6.62. The summed E-state index contributed by atoms with van der Waals surface area (Å²) in [5.74, 6) is 1.20. The quantitative estimate of drug-likeness (QED) is 0.323. The van der Waals surface area contributed by atoms with E-state index in [1.807, 2.05) is 54.6 Å². The Morgan fingerprint density at radius 3 is 2.67 bits per heavy atom.